The van der Waals surface area contributed by atoms with Crippen LogP contribution in [0.2, 0.25) is 0 Å². The van der Waals surface area contributed by atoms with Crippen LogP contribution in [-0.4, -0.2) is 60.3 Å². The second-order valence-corrected chi connectivity index (χ2v) is 11.5. The third kappa shape index (κ3) is 6.47. The van der Waals surface area contributed by atoms with Crippen molar-refractivity contribution in [2.24, 2.45) is 0 Å². The summed E-state index contributed by atoms with van der Waals surface area (Å²) >= 11 is 0. The number of ether oxygens (including phenoxy) is 3. The van der Waals surface area contributed by atoms with Gasteiger partial charge in [-0.15, -0.1) is 0 Å². The van der Waals surface area contributed by atoms with Crippen molar-refractivity contribution in [3.8, 4) is 0 Å². The predicted molar refractivity (Wildman–Crippen MR) is 138 cm³/mol. The van der Waals surface area contributed by atoms with E-state index < -0.39 is 58.8 Å². The molecule has 1 N–H and O–H groups in total. The molecule has 1 spiro atoms. The summed E-state index contributed by atoms with van der Waals surface area (Å²) in [7, 11) is 0. The van der Waals surface area contributed by atoms with E-state index in [1.807, 2.05) is 0 Å². The molecule has 0 bridgehead atoms. The number of halogens is 7. The van der Waals surface area contributed by atoms with Gasteiger partial charge in [0.2, 0.25) is 0 Å². The van der Waals surface area contributed by atoms with Gasteiger partial charge in [0.15, 0.2) is 5.79 Å². The van der Waals surface area contributed by atoms with Crippen LogP contribution in [0, 0.1) is 5.82 Å². The Labute approximate surface area is 239 Å². The van der Waals surface area contributed by atoms with Crippen molar-refractivity contribution in [3.05, 3.63) is 70.5 Å². The molecule has 0 aliphatic carbocycles. The fourth-order valence-corrected chi connectivity index (χ4v) is 6.47. The number of aliphatic hydroxyl groups excluding tert-OH is 1. The molecule has 3 aliphatic heterocycles. The molecule has 5 nitrogen and oxygen atoms in total. The van der Waals surface area contributed by atoms with Crippen LogP contribution in [0.4, 0.5) is 30.7 Å². The molecular weight excluding hydrogens is 571 g/mol. The highest BCUT2D eigenvalue weighted by Crippen LogP contribution is 2.46. The summed E-state index contributed by atoms with van der Waals surface area (Å²) in [4.78, 5) is 2.06. The van der Waals surface area contributed by atoms with Gasteiger partial charge in [0.05, 0.1) is 48.7 Å². The molecule has 12 heteroatoms. The molecule has 3 saturated heterocycles. The molecule has 0 aromatic heterocycles. The number of hydrogen-bond donors (Lipinski definition) is 1. The van der Waals surface area contributed by atoms with Gasteiger partial charge in [-0.05, 0) is 80.5 Å². The van der Waals surface area contributed by atoms with Crippen molar-refractivity contribution in [3.63, 3.8) is 0 Å². The molecule has 0 amide bonds. The first-order valence-corrected chi connectivity index (χ1v) is 14.1. The highest BCUT2D eigenvalue weighted by Gasteiger charge is 2.50. The van der Waals surface area contributed by atoms with Crippen molar-refractivity contribution in [2.45, 2.75) is 80.9 Å². The Balaban J connectivity index is 1.48. The molecule has 0 unspecified atom stereocenters. The topological polar surface area (TPSA) is 51.2 Å². The Morgan fingerprint density at radius 1 is 0.929 bits per heavy atom. The van der Waals surface area contributed by atoms with E-state index in [9.17, 15) is 35.8 Å². The van der Waals surface area contributed by atoms with E-state index in [-0.39, 0.29) is 24.8 Å². The Hall–Kier alpha value is -2.25. The number of nitrogens with zero attached hydrogens (tertiary/aromatic N) is 1. The van der Waals surface area contributed by atoms with Crippen LogP contribution in [0.3, 0.4) is 0 Å². The maximum Gasteiger partial charge on any atom is 0.416 e. The smallest absolute Gasteiger partial charge is 0.390 e. The predicted octanol–water partition coefficient (Wildman–Crippen LogP) is 6.85. The van der Waals surface area contributed by atoms with Gasteiger partial charge in [0.25, 0.3) is 0 Å². The fourth-order valence-electron chi connectivity index (χ4n) is 6.47. The molecule has 42 heavy (non-hydrogen) atoms. The average molecular weight is 606 g/mol. The first-order chi connectivity index (χ1) is 19.7. The molecule has 232 valence electrons. The standard InChI is InChI=1S/C30H34F7NO4/c1-19(21-15-22(29(32,33)34)17-23(16-21)30(35,36)37)42-28(18-38-11-9-27(10-12-38)26(39)8-14-40-27)25(3-2-13-41-28)20-4-6-24(31)7-5-20/h4-7,15-17,19,25-26,39H,2-3,8-14,18H2,1H3/t19-,25-,26+,28+/m1/s1. The van der Waals surface area contributed by atoms with Gasteiger partial charge in [0, 0.05) is 19.0 Å². The summed E-state index contributed by atoms with van der Waals surface area (Å²) in [5.41, 5.74) is -3.08. The zero-order valence-electron chi connectivity index (χ0n) is 23.1. The third-order valence-corrected chi connectivity index (χ3v) is 8.78. The van der Waals surface area contributed by atoms with Crippen LogP contribution in [0.15, 0.2) is 42.5 Å². The second kappa shape index (κ2) is 11.7. The minimum absolute atomic E-state index is 0.0908. The van der Waals surface area contributed by atoms with Gasteiger partial charge >= 0.3 is 12.4 Å². The minimum atomic E-state index is -5.00. The lowest BCUT2D eigenvalue weighted by molar-refractivity contribution is -0.294. The molecule has 0 radical (unpaired) electrons. The lowest BCUT2D eigenvalue weighted by Crippen LogP contribution is -2.57. The Bertz CT molecular complexity index is 1200. The highest BCUT2D eigenvalue weighted by molar-refractivity contribution is 5.35. The number of piperidine rings is 1. The van der Waals surface area contributed by atoms with E-state index >= 15 is 0 Å². The summed E-state index contributed by atoms with van der Waals surface area (Å²) in [6.45, 7) is 3.33. The maximum absolute atomic E-state index is 13.8. The molecular formula is C30H34F7NO4. The molecule has 2 aromatic rings. The first-order valence-electron chi connectivity index (χ1n) is 14.1. The molecule has 4 atom stereocenters. The molecule has 2 aromatic carbocycles. The van der Waals surface area contributed by atoms with Gasteiger partial charge < -0.3 is 19.3 Å². The quantitative estimate of drug-likeness (QED) is 0.366. The van der Waals surface area contributed by atoms with Gasteiger partial charge in [-0.2, -0.15) is 26.3 Å². The highest BCUT2D eigenvalue weighted by atomic mass is 19.4. The van der Waals surface area contributed by atoms with E-state index in [1.54, 1.807) is 12.1 Å². The monoisotopic (exact) mass is 605 g/mol. The molecule has 3 aliphatic rings. The normalized spacial score (nSPS) is 27.8. The SMILES string of the molecule is C[C@@H](O[C@]1(CN2CCC3(CC2)OCC[C@@H]3O)OCCC[C@@H]1c1ccc(F)cc1)c1cc(C(F)(F)F)cc(C(F)(F)F)c1. The third-order valence-electron chi connectivity index (χ3n) is 8.78. The van der Waals surface area contributed by atoms with E-state index in [2.05, 4.69) is 4.90 Å². The summed E-state index contributed by atoms with van der Waals surface area (Å²) < 4.78 is 114. The van der Waals surface area contributed by atoms with Crippen molar-refractivity contribution < 1.29 is 50.1 Å². The molecule has 3 fully saturated rings. The largest absolute Gasteiger partial charge is 0.416 e. The lowest BCUT2D eigenvalue weighted by atomic mass is 9.82. The van der Waals surface area contributed by atoms with Crippen molar-refractivity contribution in [1.29, 1.82) is 0 Å². The van der Waals surface area contributed by atoms with Crippen molar-refractivity contribution in [1.82, 2.24) is 4.90 Å². The van der Waals surface area contributed by atoms with E-state index in [4.69, 9.17) is 14.2 Å². The molecule has 0 saturated carbocycles. The fraction of sp³-hybridized carbons (Fsp3) is 0.600. The van der Waals surface area contributed by atoms with Gasteiger partial charge in [-0.3, -0.25) is 4.90 Å². The number of benzene rings is 2. The Kier molecular flexibility index (Phi) is 8.67. The van der Waals surface area contributed by atoms with Crippen LogP contribution < -0.4 is 0 Å². The van der Waals surface area contributed by atoms with Crippen LogP contribution in [-0.2, 0) is 26.6 Å². The number of aliphatic hydroxyl groups is 1. The second-order valence-electron chi connectivity index (χ2n) is 11.5. The minimum Gasteiger partial charge on any atom is -0.390 e. The van der Waals surface area contributed by atoms with Gasteiger partial charge in [-0.25, -0.2) is 4.39 Å². The Morgan fingerprint density at radius 2 is 1.55 bits per heavy atom. The first kappa shape index (κ1) is 31.2. The Morgan fingerprint density at radius 3 is 2.10 bits per heavy atom. The van der Waals surface area contributed by atoms with Crippen LogP contribution in [0.25, 0.3) is 0 Å². The molecule has 3 heterocycles. The number of rotatable bonds is 6. The van der Waals surface area contributed by atoms with Crippen LogP contribution in [0.5, 0.6) is 0 Å². The lowest BCUT2D eigenvalue weighted by Gasteiger charge is -2.49. The van der Waals surface area contributed by atoms with Crippen molar-refractivity contribution >= 4 is 0 Å². The van der Waals surface area contributed by atoms with Gasteiger partial charge in [0.1, 0.15) is 5.82 Å². The van der Waals surface area contributed by atoms with E-state index in [0.717, 1.165) is 0 Å². The van der Waals surface area contributed by atoms with Crippen molar-refractivity contribution in [2.75, 3.05) is 32.8 Å². The van der Waals surface area contributed by atoms with E-state index in [1.165, 1.54) is 19.1 Å². The summed E-state index contributed by atoms with van der Waals surface area (Å²) in [6.07, 6.45) is -8.97. The van der Waals surface area contributed by atoms with E-state index in [0.29, 0.717) is 69.5 Å². The maximum atomic E-state index is 13.8. The number of alkyl halides is 6. The number of hydrogen-bond acceptors (Lipinski definition) is 5. The van der Waals surface area contributed by atoms with Gasteiger partial charge in [-0.1, -0.05) is 12.1 Å². The van der Waals surface area contributed by atoms with Crippen LogP contribution >= 0.6 is 0 Å². The average Bonchev–Trinajstić information content (AvgIpc) is 3.28. The summed E-state index contributed by atoms with van der Waals surface area (Å²) in [5, 5.41) is 10.5. The number of likely N-dealkylation sites (tertiary alicyclic amines) is 1. The zero-order valence-corrected chi connectivity index (χ0v) is 23.1. The zero-order chi connectivity index (χ0) is 30.3. The summed E-state index contributed by atoms with van der Waals surface area (Å²) in [5.74, 6) is -2.39. The van der Waals surface area contributed by atoms with Crippen LogP contribution in [0.1, 0.15) is 73.3 Å². The molecule has 5 rings (SSSR count). The summed E-state index contributed by atoms with van der Waals surface area (Å²) in [6, 6.07) is 7.22.